The van der Waals surface area contributed by atoms with Crippen LogP contribution in [0.4, 0.5) is 5.69 Å². The monoisotopic (exact) mass is 371 g/mol. The molecule has 6 nitrogen and oxygen atoms in total. The molecule has 0 radical (unpaired) electrons. The fourth-order valence-corrected chi connectivity index (χ4v) is 2.48. The third kappa shape index (κ3) is 6.66. The minimum absolute atomic E-state index is 0.195. The summed E-state index contributed by atoms with van der Waals surface area (Å²) >= 11 is 0. The number of carbonyl (C=O) groups excluding carboxylic acids is 2. The third-order valence-electron chi connectivity index (χ3n) is 3.90. The van der Waals surface area contributed by atoms with Gasteiger partial charge in [-0.15, -0.1) is 0 Å². The summed E-state index contributed by atoms with van der Waals surface area (Å²) in [4.78, 5) is 25.7. The predicted octanol–water partition coefficient (Wildman–Crippen LogP) is 3.45. The third-order valence-corrected chi connectivity index (χ3v) is 3.90. The number of hydrogen-bond acceptors (Lipinski definition) is 5. The highest BCUT2D eigenvalue weighted by Gasteiger charge is 2.15. The Morgan fingerprint density at radius 1 is 0.963 bits per heavy atom. The van der Waals surface area contributed by atoms with Crippen LogP contribution in [-0.2, 0) is 14.3 Å². The first kappa shape index (κ1) is 20.3. The number of rotatable bonds is 10. The van der Waals surface area contributed by atoms with E-state index in [9.17, 15) is 9.59 Å². The van der Waals surface area contributed by atoms with E-state index in [1.807, 2.05) is 37.3 Å². The van der Waals surface area contributed by atoms with Crippen LogP contribution in [0.1, 0.15) is 19.8 Å². The number of likely N-dealkylation sites (N-methyl/N-ethyl adjacent to an activating group) is 1. The molecule has 0 aromatic heterocycles. The smallest absolute Gasteiger partial charge is 0.306 e. The van der Waals surface area contributed by atoms with Gasteiger partial charge in [-0.2, -0.15) is 0 Å². The summed E-state index contributed by atoms with van der Waals surface area (Å²) in [5, 5.41) is 0. The number of amides is 1. The van der Waals surface area contributed by atoms with E-state index in [1.54, 1.807) is 36.3 Å². The van der Waals surface area contributed by atoms with Crippen LogP contribution >= 0.6 is 0 Å². The lowest BCUT2D eigenvalue weighted by Crippen LogP contribution is -2.34. The van der Waals surface area contributed by atoms with Gasteiger partial charge in [0.25, 0.3) is 5.91 Å². The maximum Gasteiger partial charge on any atom is 0.306 e. The Morgan fingerprint density at radius 2 is 1.63 bits per heavy atom. The number of methoxy groups -OCH3 is 1. The number of esters is 1. The van der Waals surface area contributed by atoms with Gasteiger partial charge in [0.2, 0.25) is 0 Å². The minimum atomic E-state index is -0.411. The van der Waals surface area contributed by atoms with Crippen LogP contribution in [0.2, 0.25) is 0 Å². The first-order valence-electron chi connectivity index (χ1n) is 8.92. The Morgan fingerprint density at radius 3 is 2.26 bits per heavy atom. The molecule has 0 saturated heterocycles. The number of nitrogens with zero attached hydrogens (tertiary/aromatic N) is 1. The highest BCUT2D eigenvalue weighted by atomic mass is 16.5. The van der Waals surface area contributed by atoms with E-state index < -0.39 is 5.97 Å². The van der Waals surface area contributed by atoms with Crippen molar-refractivity contribution in [2.75, 3.05) is 31.8 Å². The van der Waals surface area contributed by atoms with Gasteiger partial charge in [0, 0.05) is 18.7 Å². The van der Waals surface area contributed by atoms with Crippen molar-refractivity contribution in [2.45, 2.75) is 19.8 Å². The van der Waals surface area contributed by atoms with Gasteiger partial charge in [0.05, 0.1) is 13.7 Å². The summed E-state index contributed by atoms with van der Waals surface area (Å²) in [5.41, 5.74) is 0.786. The summed E-state index contributed by atoms with van der Waals surface area (Å²) in [5.74, 6) is 0.811. The highest BCUT2D eigenvalue weighted by molar-refractivity contribution is 5.95. The van der Waals surface area contributed by atoms with Gasteiger partial charge in [-0.25, -0.2) is 0 Å². The molecular formula is C21H25NO5. The molecule has 0 bridgehead atoms. The van der Waals surface area contributed by atoms with Gasteiger partial charge >= 0.3 is 5.97 Å². The minimum Gasteiger partial charge on any atom is -0.497 e. The van der Waals surface area contributed by atoms with E-state index in [1.165, 1.54) is 0 Å². The van der Waals surface area contributed by atoms with Gasteiger partial charge in [-0.3, -0.25) is 9.59 Å². The SMILES string of the molecule is CCN(C(=O)COC(=O)CCCOc1ccc(OC)cc1)c1ccccc1. The second-order valence-electron chi connectivity index (χ2n) is 5.76. The molecule has 0 aliphatic rings. The molecule has 2 aromatic carbocycles. The summed E-state index contributed by atoms with van der Waals surface area (Å²) in [7, 11) is 1.60. The van der Waals surface area contributed by atoms with Crippen molar-refractivity contribution < 1.29 is 23.8 Å². The molecule has 0 heterocycles. The first-order valence-corrected chi connectivity index (χ1v) is 8.92. The van der Waals surface area contributed by atoms with Crippen LogP contribution < -0.4 is 14.4 Å². The average molecular weight is 371 g/mol. The number of anilines is 1. The standard InChI is InChI=1S/C21H25NO5/c1-3-22(17-8-5-4-6-9-17)20(23)16-27-21(24)10-7-15-26-19-13-11-18(25-2)12-14-19/h4-6,8-9,11-14H,3,7,10,15-16H2,1-2H3. The number of para-hydroxylation sites is 1. The van der Waals surface area contributed by atoms with Gasteiger partial charge in [0.15, 0.2) is 6.61 Å². The molecule has 0 atom stereocenters. The Balaban J connectivity index is 1.67. The van der Waals surface area contributed by atoms with Crippen molar-refractivity contribution in [1.29, 1.82) is 0 Å². The molecule has 1 amide bonds. The molecule has 0 N–H and O–H groups in total. The van der Waals surface area contributed by atoms with Crippen molar-refractivity contribution in [2.24, 2.45) is 0 Å². The van der Waals surface area contributed by atoms with Crippen LogP contribution in [0.3, 0.4) is 0 Å². The number of ether oxygens (including phenoxy) is 3. The molecular weight excluding hydrogens is 346 g/mol. The van der Waals surface area contributed by atoms with Gasteiger partial charge < -0.3 is 19.1 Å². The van der Waals surface area contributed by atoms with Gasteiger partial charge in [0.1, 0.15) is 11.5 Å². The van der Waals surface area contributed by atoms with Crippen molar-refractivity contribution in [1.82, 2.24) is 0 Å². The molecule has 0 saturated carbocycles. The van der Waals surface area contributed by atoms with E-state index >= 15 is 0 Å². The van der Waals surface area contributed by atoms with Crippen LogP contribution in [0.15, 0.2) is 54.6 Å². The maximum absolute atomic E-state index is 12.3. The lowest BCUT2D eigenvalue weighted by atomic mass is 10.3. The Kier molecular flexibility index (Phi) is 8.16. The molecule has 0 spiro atoms. The summed E-state index contributed by atoms with van der Waals surface area (Å²) < 4.78 is 15.7. The lowest BCUT2D eigenvalue weighted by molar-refractivity contribution is -0.148. The largest absolute Gasteiger partial charge is 0.497 e. The second kappa shape index (κ2) is 10.9. The fourth-order valence-electron chi connectivity index (χ4n) is 2.48. The molecule has 2 aromatic rings. The molecule has 0 unspecified atom stereocenters. The molecule has 2 rings (SSSR count). The molecule has 6 heteroatoms. The number of carbonyl (C=O) groups is 2. The Bertz CT molecular complexity index is 715. The van der Waals surface area contributed by atoms with Crippen molar-refractivity contribution >= 4 is 17.6 Å². The van der Waals surface area contributed by atoms with Gasteiger partial charge in [-0.05, 0) is 49.7 Å². The van der Waals surface area contributed by atoms with Crippen LogP contribution in [0.5, 0.6) is 11.5 Å². The molecule has 0 aliphatic carbocycles. The molecule has 0 aliphatic heterocycles. The number of hydrogen-bond donors (Lipinski definition) is 0. The van der Waals surface area contributed by atoms with E-state index in [2.05, 4.69) is 0 Å². The first-order chi connectivity index (χ1) is 13.1. The highest BCUT2D eigenvalue weighted by Crippen LogP contribution is 2.17. The summed E-state index contributed by atoms with van der Waals surface area (Å²) in [6, 6.07) is 16.5. The molecule has 27 heavy (non-hydrogen) atoms. The fraction of sp³-hybridized carbons (Fsp3) is 0.333. The topological polar surface area (TPSA) is 65.1 Å². The zero-order valence-electron chi connectivity index (χ0n) is 15.7. The number of benzene rings is 2. The van der Waals surface area contributed by atoms with E-state index in [0.717, 1.165) is 11.4 Å². The van der Waals surface area contributed by atoms with E-state index in [-0.39, 0.29) is 18.9 Å². The van der Waals surface area contributed by atoms with E-state index in [4.69, 9.17) is 14.2 Å². The van der Waals surface area contributed by atoms with Crippen LogP contribution in [-0.4, -0.2) is 38.7 Å². The van der Waals surface area contributed by atoms with Crippen LogP contribution in [0, 0.1) is 0 Å². The lowest BCUT2D eigenvalue weighted by Gasteiger charge is -2.20. The average Bonchev–Trinajstić information content (AvgIpc) is 2.71. The Labute approximate surface area is 159 Å². The normalized spacial score (nSPS) is 10.1. The molecule has 144 valence electrons. The summed E-state index contributed by atoms with van der Waals surface area (Å²) in [6.07, 6.45) is 0.704. The predicted molar refractivity (Wildman–Crippen MR) is 103 cm³/mol. The van der Waals surface area contributed by atoms with Crippen molar-refractivity contribution in [3.05, 3.63) is 54.6 Å². The Hall–Kier alpha value is -3.02. The van der Waals surface area contributed by atoms with Crippen molar-refractivity contribution in [3.8, 4) is 11.5 Å². The zero-order chi connectivity index (χ0) is 19.5. The maximum atomic E-state index is 12.3. The quantitative estimate of drug-likeness (QED) is 0.473. The van der Waals surface area contributed by atoms with E-state index in [0.29, 0.717) is 25.3 Å². The van der Waals surface area contributed by atoms with Crippen molar-refractivity contribution in [3.63, 3.8) is 0 Å². The zero-order valence-corrected chi connectivity index (χ0v) is 15.7. The molecule has 0 fully saturated rings. The summed E-state index contributed by atoms with van der Waals surface area (Å²) in [6.45, 7) is 2.51. The van der Waals surface area contributed by atoms with Gasteiger partial charge in [-0.1, -0.05) is 18.2 Å². The second-order valence-corrected chi connectivity index (χ2v) is 5.76. The van der Waals surface area contributed by atoms with Crippen LogP contribution in [0.25, 0.3) is 0 Å².